The summed E-state index contributed by atoms with van der Waals surface area (Å²) in [4.78, 5) is 56.9. The predicted molar refractivity (Wildman–Crippen MR) is 149 cm³/mol. The molecular weight excluding hydrogens is 524 g/mol. The molecule has 0 heterocycles. The van der Waals surface area contributed by atoms with Crippen molar-refractivity contribution in [3.05, 3.63) is 0 Å². The molecule has 2 unspecified atom stereocenters. The quantitative estimate of drug-likeness (QED) is 0.136. The molecule has 234 valence electrons. The molecule has 0 fully saturated rings. The van der Waals surface area contributed by atoms with Gasteiger partial charge in [-0.1, -0.05) is 34.6 Å². The Labute approximate surface area is 239 Å². The van der Waals surface area contributed by atoms with Crippen LogP contribution in [0.3, 0.4) is 0 Å². The Balaban J connectivity index is 0. The van der Waals surface area contributed by atoms with Crippen molar-refractivity contribution in [1.82, 2.24) is 10.6 Å². The molecule has 0 radical (unpaired) electrons. The molecule has 0 bridgehead atoms. The number of esters is 3. The lowest BCUT2D eigenvalue weighted by Crippen LogP contribution is -2.30. The summed E-state index contributed by atoms with van der Waals surface area (Å²) in [6.45, 7) is 16.3. The molecule has 0 spiro atoms. The highest BCUT2D eigenvalue weighted by Gasteiger charge is 2.26. The number of rotatable bonds is 18. The first-order chi connectivity index (χ1) is 18.9. The lowest BCUT2D eigenvalue weighted by Gasteiger charge is -2.19. The van der Waals surface area contributed by atoms with Crippen LogP contribution in [0, 0.1) is 17.3 Å². The van der Waals surface area contributed by atoms with Gasteiger partial charge in [0.05, 0.1) is 50.2 Å². The van der Waals surface area contributed by atoms with E-state index in [0.717, 1.165) is 6.42 Å². The van der Waals surface area contributed by atoms with E-state index in [9.17, 15) is 24.0 Å². The monoisotopic (exact) mass is 576 g/mol. The second-order valence-corrected chi connectivity index (χ2v) is 9.74. The van der Waals surface area contributed by atoms with E-state index in [1.807, 2.05) is 41.5 Å². The summed E-state index contributed by atoms with van der Waals surface area (Å²) in [5.74, 6) is -0.994. The molecule has 0 saturated carbocycles. The van der Waals surface area contributed by atoms with Crippen molar-refractivity contribution in [1.29, 1.82) is 0 Å². The Morgan fingerprint density at radius 2 is 1.02 bits per heavy atom. The van der Waals surface area contributed by atoms with Crippen LogP contribution in [0.5, 0.6) is 0 Å². The minimum absolute atomic E-state index is 0.0953. The van der Waals surface area contributed by atoms with E-state index in [-0.39, 0.29) is 74.7 Å². The first-order valence-electron chi connectivity index (χ1n) is 14.2. The SMILES string of the molecule is CCC(C)C(=O)OCCNC(=O)OCCCCOC(=O)NCCOC(=O)C(C)CC.CCOC(=O)C(C)(C)CC. The van der Waals surface area contributed by atoms with Crippen molar-refractivity contribution in [3.8, 4) is 0 Å². The van der Waals surface area contributed by atoms with Gasteiger partial charge in [0.15, 0.2) is 0 Å². The summed E-state index contributed by atoms with van der Waals surface area (Å²) in [6, 6.07) is 0. The fraction of sp³-hybridized carbons (Fsp3) is 0.821. The van der Waals surface area contributed by atoms with Gasteiger partial charge in [0.25, 0.3) is 0 Å². The van der Waals surface area contributed by atoms with Crippen molar-refractivity contribution in [2.75, 3.05) is 46.1 Å². The first kappa shape index (κ1) is 39.1. The summed E-state index contributed by atoms with van der Waals surface area (Å²) >= 11 is 0. The fourth-order valence-electron chi connectivity index (χ4n) is 2.33. The zero-order chi connectivity index (χ0) is 31.0. The minimum atomic E-state index is -0.597. The topological polar surface area (TPSA) is 156 Å². The maximum Gasteiger partial charge on any atom is 0.407 e. The average molecular weight is 577 g/mol. The molecule has 12 heteroatoms. The predicted octanol–water partition coefficient (Wildman–Crippen LogP) is 4.38. The largest absolute Gasteiger partial charge is 0.466 e. The number of ether oxygens (including phenoxy) is 5. The third-order valence-corrected chi connectivity index (χ3v) is 5.98. The summed E-state index contributed by atoms with van der Waals surface area (Å²) in [5.41, 5.74) is -0.310. The van der Waals surface area contributed by atoms with Crippen molar-refractivity contribution in [3.63, 3.8) is 0 Å². The van der Waals surface area contributed by atoms with E-state index in [1.54, 1.807) is 13.8 Å². The number of hydrogen-bond acceptors (Lipinski definition) is 10. The second kappa shape index (κ2) is 23.8. The highest BCUT2D eigenvalue weighted by molar-refractivity contribution is 5.75. The third-order valence-electron chi connectivity index (χ3n) is 5.98. The van der Waals surface area contributed by atoms with Gasteiger partial charge in [-0.3, -0.25) is 14.4 Å². The Hall–Kier alpha value is -3.05. The zero-order valence-electron chi connectivity index (χ0n) is 25.7. The van der Waals surface area contributed by atoms with Crippen molar-refractivity contribution < 1.29 is 47.7 Å². The van der Waals surface area contributed by atoms with Gasteiger partial charge in [-0.2, -0.15) is 0 Å². The molecule has 0 aliphatic rings. The maximum absolute atomic E-state index is 11.5. The second-order valence-electron chi connectivity index (χ2n) is 9.74. The molecule has 0 aromatic carbocycles. The van der Waals surface area contributed by atoms with Crippen molar-refractivity contribution in [2.45, 2.75) is 87.5 Å². The van der Waals surface area contributed by atoms with Crippen LogP contribution < -0.4 is 10.6 Å². The number of carbonyl (C=O) groups excluding carboxylic acids is 5. The number of hydrogen-bond donors (Lipinski definition) is 2. The van der Waals surface area contributed by atoms with Crippen molar-refractivity contribution >= 4 is 30.1 Å². The van der Waals surface area contributed by atoms with Crippen molar-refractivity contribution in [2.24, 2.45) is 17.3 Å². The smallest absolute Gasteiger partial charge is 0.407 e. The van der Waals surface area contributed by atoms with Gasteiger partial charge >= 0.3 is 30.1 Å². The minimum Gasteiger partial charge on any atom is -0.466 e. The fourth-order valence-corrected chi connectivity index (χ4v) is 2.33. The van der Waals surface area contributed by atoms with Gasteiger partial charge in [0.2, 0.25) is 0 Å². The van der Waals surface area contributed by atoms with Crippen LogP contribution in [0.25, 0.3) is 0 Å². The van der Waals surface area contributed by atoms with Crippen LogP contribution in [0.4, 0.5) is 9.59 Å². The molecule has 0 saturated heterocycles. The van der Waals surface area contributed by atoms with Gasteiger partial charge < -0.3 is 34.3 Å². The molecule has 2 atom stereocenters. The lowest BCUT2D eigenvalue weighted by atomic mass is 9.91. The van der Waals surface area contributed by atoms with Gasteiger partial charge in [0.1, 0.15) is 13.2 Å². The molecule has 2 N–H and O–H groups in total. The van der Waals surface area contributed by atoms with Gasteiger partial charge in [-0.05, 0) is 52.9 Å². The molecule has 0 aromatic heterocycles. The molecule has 0 aromatic rings. The number of unbranched alkanes of at least 4 members (excludes halogenated alkanes) is 1. The van der Waals surface area contributed by atoms with Crippen LogP contribution in [0.15, 0.2) is 0 Å². The van der Waals surface area contributed by atoms with E-state index < -0.39 is 12.2 Å². The van der Waals surface area contributed by atoms with Gasteiger partial charge in [-0.15, -0.1) is 0 Å². The molecule has 0 aliphatic heterocycles. The van der Waals surface area contributed by atoms with E-state index in [2.05, 4.69) is 10.6 Å². The van der Waals surface area contributed by atoms with E-state index in [0.29, 0.717) is 32.3 Å². The summed E-state index contributed by atoms with van der Waals surface area (Å²) < 4.78 is 24.8. The Morgan fingerprint density at radius 1 is 0.625 bits per heavy atom. The first-order valence-corrected chi connectivity index (χ1v) is 14.2. The van der Waals surface area contributed by atoms with Crippen LogP contribution in [0.2, 0.25) is 0 Å². The molecular formula is C28H52N2O10. The van der Waals surface area contributed by atoms with E-state index in [4.69, 9.17) is 23.7 Å². The molecule has 2 amide bonds. The van der Waals surface area contributed by atoms with Crippen LogP contribution >= 0.6 is 0 Å². The molecule has 0 aliphatic carbocycles. The standard InChI is InChI=1S/C20H36N2O8.C8H16O2/c1-5-15(3)17(23)27-13-9-21-19(25)29-11-7-8-12-30-20(26)22-10-14-28-18(24)16(4)6-2;1-5-8(3,4)7(9)10-6-2/h15-16H,5-14H2,1-4H3,(H,21,25)(H,22,26);5-6H2,1-4H3. The Bertz CT molecular complexity index is 697. The Kier molecular flexibility index (Phi) is 23.3. The number of carbonyl (C=O) groups is 5. The molecule has 40 heavy (non-hydrogen) atoms. The summed E-state index contributed by atoms with van der Waals surface area (Å²) in [5, 5.41) is 4.96. The highest BCUT2D eigenvalue weighted by Crippen LogP contribution is 2.21. The molecule has 0 rings (SSSR count). The third kappa shape index (κ3) is 20.9. The zero-order valence-corrected chi connectivity index (χ0v) is 25.7. The highest BCUT2D eigenvalue weighted by atomic mass is 16.6. The van der Waals surface area contributed by atoms with Gasteiger partial charge in [-0.25, -0.2) is 9.59 Å². The number of nitrogens with one attached hydrogen (secondary N) is 2. The average Bonchev–Trinajstić information content (AvgIpc) is 2.94. The number of amides is 2. The summed E-state index contributed by atoms with van der Waals surface area (Å²) in [7, 11) is 0. The van der Waals surface area contributed by atoms with E-state index >= 15 is 0 Å². The van der Waals surface area contributed by atoms with Crippen LogP contribution in [-0.2, 0) is 38.1 Å². The summed E-state index contributed by atoms with van der Waals surface area (Å²) in [6.07, 6.45) is 2.08. The van der Waals surface area contributed by atoms with E-state index in [1.165, 1.54) is 0 Å². The molecule has 12 nitrogen and oxygen atoms in total. The van der Waals surface area contributed by atoms with Crippen LogP contribution in [-0.4, -0.2) is 76.2 Å². The van der Waals surface area contributed by atoms with Gasteiger partial charge in [0, 0.05) is 0 Å². The lowest BCUT2D eigenvalue weighted by molar-refractivity contribution is -0.153. The maximum atomic E-state index is 11.5. The number of alkyl carbamates (subject to hydrolysis) is 2. The Morgan fingerprint density at radius 3 is 1.35 bits per heavy atom. The van der Waals surface area contributed by atoms with Crippen LogP contribution in [0.1, 0.15) is 87.5 Å². The normalized spacial score (nSPS) is 12.0.